The summed E-state index contributed by atoms with van der Waals surface area (Å²) in [5.41, 5.74) is 3.86. The molecule has 1 fully saturated rings. The third-order valence-electron chi connectivity index (χ3n) is 6.42. The average molecular weight is 440 g/mol. The minimum absolute atomic E-state index is 0.101. The van der Waals surface area contributed by atoms with Crippen LogP contribution in [-0.4, -0.2) is 39.5 Å². The van der Waals surface area contributed by atoms with Gasteiger partial charge < -0.3 is 5.32 Å². The van der Waals surface area contributed by atoms with E-state index >= 15 is 0 Å². The van der Waals surface area contributed by atoms with E-state index in [9.17, 15) is 0 Å². The van der Waals surface area contributed by atoms with E-state index in [2.05, 4.69) is 52.5 Å². The molecule has 0 spiro atoms. The molecule has 4 aromatic heterocycles. The van der Waals surface area contributed by atoms with Crippen LogP contribution in [0.4, 0.5) is 5.82 Å². The number of aromatic nitrogens is 8. The second kappa shape index (κ2) is 7.91. The third kappa shape index (κ3) is 3.59. The van der Waals surface area contributed by atoms with E-state index < -0.39 is 0 Å². The van der Waals surface area contributed by atoms with Gasteiger partial charge in [-0.1, -0.05) is 25.1 Å². The van der Waals surface area contributed by atoms with Crippen molar-refractivity contribution in [1.29, 1.82) is 0 Å². The first-order valence-electron chi connectivity index (χ1n) is 11.4. The summed E-state index contributed by atoms with van der Waals surface area (Å²) in [7, 11) is 0. The summed E-state index contributed by atoms with van der Waals surface area (Å²) in [5.74, 6) is 1.76. The number of nitrogens with zero attached hydrogens (tertiary/aromatic N) is 8. The van der Waals surface area contributed by atoms with Crippen LogP contribution in [0.2, 0.25) is 0 Å². The van der Waals surface area contributed by atoms with Crippen molar-refractivity contribution in [3.05, 3.63) is 60.9 Å². The summed E-state index contributed by atoms with van der Waals surface area (Å²) in [6.07, 6.45) is 10.2. The second-order valence-corrected chi connectivity index (χ2v) is 8.71. The Morgan fingerprint density at radius 3 is 2.76 bits per heavy atom. The van der Waals surface area contributed by atoms with Crippen molar-refractivity contribution in [2.45, 2.75) is 45.2 Å². The van der Waals surface area contributed by atoms with E-state index in [0.717, 1.165) is 34.2 Å². The van der Waals surface area contributed by atoms with Gasteiger partial charge in [-0.2, -0.15) is 19.9 Å². The van der Waals surface area contributed by atoms with E-state index in [-0.39, 0.29) is 12.1 Å². The lowest BCUT2D eigenvalue weighted by Crippen LogP contribution is -2.17. The van der Waals surface area contributed by atoms with Gasteiger partial charge in [0.15, 0.2) is 5.82 Å². The van der Waals surface area contributed by atoms with E-state index in [1.54, 1.807) is 17.2 Å². The Morgan fingerprint density at radius 2 is 1.97 bits per heavy atom. The van der Waals surface area contributed by atoms with Crippen molar-refractivity contribution in [1.82, 2.24) is 39.5 Å². The SMILES string of the molecule is CCC(C)n1ncc2nc(-n3cncn3)nc(N[C@@H](c3cnc4ccccc4c3)C3CC3)c21. The Hall–Kier alpha value is -3.88. The molecule has 1 aliphatic rings. The molecule has 9 nitrogen and oxygen atoms in total. The van der Waals surface area contributed by atoms with Crippen molar-refractivity contribution >= 4 is 27.8 Å². The monoisotopic (exact) mass is 439 g/mol. The van der Waals surface area contributed by atoms with Crippen LogP contribution >= 0.6 is 0 Å². The molecule has 1 unspecified atom stereocenters. The van der Waals surface area contributed by atoms with Crippen molar-refractivity contribution in [2.24, 2.45) is 5.92 Å². The number of pyridine rings is 1. The van der Waals surface area contributed by atoms with E-state index in [4.69, 9.17) is 15.0 Å². The number of nitrogens with one attached hydrogen (secondary N) is 1. The van der Waals surface area contributed by atoms with Gasteiger partial charge in [-0.15, -0.1) is 0 Å². The van der Waals surface area contributed by atoms with E-state index in [1.807, 2.05) is 23.0 Å². The lowest BCUT2D eigenvalue weighted by atomic mass is 10.0. The molecule has 6 rings (SSSR count). The van der Waals surface area contributed by atoms with Gasteiger partial charge in [-0.05, 0) is 49.8 Å². The fourth-order valence-corrected chi connectivity index (χ4v) is 4.28. The Morgan fingerprint density at radius 1 is 1.09 bits per heavy atom. The minimum atomic E-state index is 0.101. The zero-order chi connectivity index (χ0) is 22.4. The standard InChI is InChI=1S/C24H25N9/c1-3-15(2)33-22-20(12-27-33)29-24(32-14-25-13-28-32)31-23(22)30-21(16-8-9-16)18-10-17-6-4-5-7-19(17)26-11-18/h4-7,10-16,21H,3,8-9H2,1-2H3,(H,29,30,31)/t15?,21-/m1/s1. The molecule has 1 aromatic carbocycles. The van der Waals surface area contributed by atoms with Gasteiger partial charge in [0.25, 0.3) is 5.95 Å². The van der Waals surface area contributed by atoms with Crippen molar-refractivity contribution in [3.63, 3.8) is 0 Å². The molecule has 1 N–H and O–H groups in total. The molecule has 0 saturated heterocycles. The van der Waals surface area contributed by atoms with Gasteiger partial charge in [-0.3, -0.25) is 9.67 Å². The summed E-state index contributed by atoms with van der Waals surface area (Å²) in [4.78, 5) is 18.4. The third-order valence-corrected chi connectivity index (χ3v) is 6.42. The molecule has 0 amide bonds. The molecule has 4 heterocycles. The van der Waals surface area contributed by atoms with Crippen molar-refractivity contribution in [3.8, 4) is 5.95 Å². The summed E-state index contributed by atoms with van der Waals surface area (Å²) >= 11 is 0. The number of hydrogen-bond donors (Lipinski definition) is 1. The molecule has 9 heteroatoms. The topological polar surface area (TPSA) is 99.2 Å². The van der Waals surface area contributed by atoms with Gasteiger partial charge in [0.2, 0.25) is 0 Å². The number of anilines is 1. The zero-order valence-electron chi connectivity index (χ0n) is 18.6. The molecule has 0 aliphatic heterocycles. The quantitative estimate of drug-likeness (QED) is 0.399. The normalized spacial score (nSPS) is 15.7. The maximum atomic E-state index is 4.89. The summed E-state index contributed by atoms with van der Waals surface area (Å²) in [6, 6.07) is 10.8. The lowest BCUT2D eigenvalue weighted by molar-refractivity contribution is 0.492. The summed E-state index contributed by atoms with van der Waals surface area (Å²) < 4.78 is 3.60. The number of hydrogen-bond acceptors (Lipinski definition) is 7. The van der Waals surface area contributed by atoms with Crippen molar-refractivity contribution < 1.29 is 0 Å². The first-order valence-corrected chi connectivity index (χ1v) is 11.4. The first-order chi connectivity index (χ1) is 16.2. The Bertz CT molecular complexity index is 1420. The number of rotatable bonds is 7. The Labute approximate surface area is 190 Å². The van der Waals surface area contributed by atoms with Crippen LogP contribution in [0.3, 0.4) is 0 Å². The second-order valence-electron chi connectivity index (χ2n) is 8.71. The van der Waals surface area contributed by atoms with E-state index in [0.29, 0.717) is 11.9 Å². The molecule has 0 radical (unpaired) electrons. The van der Waals surface area contributed by atoms with Gasteiger partial charge in [0.1, 0.15) is 23.7 Å². The number of para-hydroxylation sites is 1. The first kappa shape index (κ1) is 19.8. The van der Waals surface area contributed by atoms with Crippen LogP contribution in [0.15, 0.2) is 55.4 Å². The van der Waals surface area contributed by atoms with Crippen molar-refractivity contribution in [2.75, 3.05) is 5.32 Å². The maximum absolute atomic E-state index is 4.89. The maximum Gasteiger partial charge on any atom is 0.254 e. The van der Waals surface area contributed by atoms with Crippen LogP contribution in [0.5, 0.6) is 0 Å². The molecule has 1 saturated carbocycles. The van der Waals surface area contributed by atoms with Crippen LogP contribution in [0.25, 0.3) is 27.9 Å². The smallest absolute Gasteiger partial charge is 0.254 e. The number of fused-ring (bicyclic) bond motifs is 2. The van der Waals surface area contributed by atoms with Crippen LogP contribution in [-0.2, 0) is 0 Å². The average Bonchev–Trinajstić information content (AvgIpc) is 3.36. The highest BCUT2D eigenvalue weighted by atomic mass is 15.4. The summed E-state index contributed by atoms with van der Waals surface area (Å²) in [5, 5.41) is 13.8. The molecule has 33 heavy (non-hydrogen) atoms. The highest BCUT2D eigenvalue weighted by molar-refractivity contribution is 5.86. The molecule has 2 atom stereocenters. The van der Waals surface area contributed by atoms with Gasteiger partial charge in [-0.25, -0.2) is 9.97 Å². The molecule has 5 aromatic rings. The molecule has 1 aliphatic carbocycles. The molecule has 166 valence electrons. The zero-order valence-corrected chi connectivity index (χ0v) is 18.6. The van der Waals surface area contributed by atoms with Crippen LogP contribution < -0.4 is 5.32 Å². The van der Waals surface area contributed by atoms with Gasteiger partial charge >= 0.3 is 0 Å². The molecular formula is C24H25N9. The highest BCUT2D eigenvalue weighted by Crippen LogP contribution is 2.43. The largest absolute Gasteiger partial charge is 0.361 e. The lowest BCUT2D eigenvalue weighted by Gasteiger charge is -2.21. The predicted octanol–water partition coefficient (Wildman–Crippen LogP) is 4.49. The Balaban J connectivity index is 1.48. The van der Waals surface area contributed by atoms with Gasteiger partial charge in [0, 0.05) is 17.6 Å². The van der Waals surface area contributed by atoms with E-state index in [1.165, 1.54) is 24.7 Å². The Kier molecular flexibility index (Phi) is 4.74. The number of benzene rings is 1. The van der Waals surface area contributed by atoms with Gasteiger partial charge in [0.05, 0.1) is 17.8 Å². The van der Waals surface area contributed by atoms with Crippen LogP contribution in [0, 0.1) is 5.92 Å². The minimum Gasteiger partial charge on any atom is -0.361 e. The fourth-order valence-electron chi connectivity index (χ4n) is 4.28. The predicted molar refractivity (Wildman–Crippen MR) is 126 cm³/mol. The molecule has 0 bridgehead atoms. The fraction of sp³-hybridized carbons (Fsp3) is 0.333. The molecular weight excluding hydrogens is 414 g/mol. The summed E-state index contributed by atoms with van der Waals surface area (Å²) in [6.45, 7) is 4.32. The highest BCUT2D eigenvalue weighted by Gasteiger charge is 2.34. The van der Waals surface area contributed by atoms with Crippen LogP contribution in [0.1, 0.15) is 50.8 Å².